The summed E-state index contributed by atoms with van der Waals surface area (Å²) in [7, 11) is 0. The molecule has 2 N–H and O–H groups in total. The Kier molecular flexibility index (Phi) is 3.13. The molecule has 0 unspecified atom stereocenters. The van der Waals surface area contributed by atoms with Crippen LogP contribution in [0.1, 0.15) is 45.4 Å². The third-order valence-corrected chi connectivity index (χ3v) is 4.52. The molecule has 82 valence electrons. The average molecular weight is 196 g/mol. The Balaban J connectivity index is 1.93. The van der Waals surface area contributed by atoms with Crippen molar-refractivity contribution in [1.29, 1.82) is 0 Å². The Morgan fingerprint density at radius 3 is 2.29 bits per heavy atom. The third kappa shape index (κ3) is 1.70. The van der Waals surface area contributed by atoms with Gasteiger partial charge in [0.25, 0.3) is 0 Å². The molecule has 1 aliphatic heterocycles. The smallest absolute Gasteiger partial charge is 0.0331 e. The van der Waals surface area contributed by atoms with Crippen molar-refractivity contribution in [3.05, 3.63) is 0 Å². The maximum Gasteiger partial charge on any atom is 0.0331 e. The van der Waals surface area contributed by atoms with Gasteiger partial charge >= 0.3 is 0 Å². The van der Waals surface area contributed by atoms with Crippen LogP contribution in [0.4, 0.5) is 0 Å². The minimum absolute atomic E-state index is 0.407. The minimum Gasteiger partial charge on any atom is -0.329 e. The van der Waals surface area contributed by atoms with Crippen LogP contribution in [0.3, 0.4) is 0 Å². The van der Waals surface area contributed by atoms with Gasteiger partial charge in [-0.25, -0.2) is 0 Å². The lowest BCUT2D eigenvalue weighted by molar-refractivity contribution is -0.00322. The summed E-state index contributed by atoms with van der Waals surface area (Å²) in [5.41, 5.74) is 6.40. The van der Waals surface area contributed by atoms with Gasteiger partial charge in [-0.3, -0.25) is 4.90 Å². The highest BCUT2D eigenvalue weighted by Gasteiger charge is 2.40. The second-order valence-corrected chi connectivity index (χ2v) is 5.12. The first-order valence-corrected chi connectivity index (χ1v) is 6.26. The summed E-state index contributed by atoms with van der Waals surface area (Å²) >= 11 is 0. The molecule has 0 bridgehead atoms. The van der Waals surface area contributed by atoms with E-state index in [1.165, 1.54) is 51.6 Å². The molecule has 0 atom stereocenters. The normalized spacial score (nSPS) is 39.4. The Labute approximate surface area is 87.8 Å². The second kappa shape index (κ2) is 4.19. The summed E-state index contributed by atoms with van der Waals surface area (Å²) in [5, 5.41) is 0. The van der Waals surface area contributed by atoms with E-state index in [9.17, 15) is 0 Å². The van der Waals surface area contributed by atoms with E-state index >= 15 is 0 Å². The summed E-state index contributed by atoms with van der Waals surface area (Å²) in [6, 6.07) is 0. The SMILES string of the molecule is CCC1CCC(CN)(N2CCC2)CC1. The van der Waals surface area contributed by atoms with E-state index in [0.717, 1.165) is 12.5 Å². The molecule has 2 aliphatic rings. The predicted octanol–water partition coefficient (Wildman–Crippen LogP) is 1.99. The Morgan fingerprint density at radius 2 is 1.93 bits per heavy atom. The summed E-state index contributed by atoms with van der Waals surface area (Å²) in [4.78, 5) is 2.64. The summed E-state index contributed by atoms with van der Waals surface area (Å²) < 4.78 is 0. The number of rotatable bonds is 3. The molecule has 1 aliphatic carbocycles. The monoisotopic (exact) mass is 196 g/mol. The maximum absolute atomic E-state index is 5.99. The van der Waals surface area contributed by atoms with Crippen LogP contribution >= 0.6 is 0 Å². The van der Waals surface area contributed by atoms with E-state index in [-0.39, 0.29) is 0 Å². The van der Waals surface area contributed by atoms with Crippen LogP contribution < -0.4 is 5.73 Å². The van der Waals surface area contributed by atoms with E-state index in [4.69, 9.17) is 5.73 Å². The van der Waals surface area contributed by atoms with Gasteiger partial charge in [0.2, 0.25) is 0 Å². The van der Waals surface area contributed by atoms with Gasteiger partial charge in [-0.05, 0) is 51.1 Å². The van der Waals surface area contributed by atoms with Gasteiger partial charge in [-0.15, -0.1) is 0 Å². The van der Waals surface area contributed by atoms with Crippen molar-refractivity contribution in [2.24, 2.45) is 11.7 Å². The van der Waals surface area contributed by atoms with Crippen LogP contribution in [0, 0.1) is 5.92 Å². The zero-order valence-electron chi connectivity index (χ0n) is 9.47. The zero-order valence-corrected chi connectivity index (χ0v) is 9.47. The van der Waals surface area contributed by atoms with E-state index in [2.05, 4.69) is 11.8 Å². The van der Waals surface area contributed by atoms with Gasteiger partial charge in [0.1, 0.15) is 0 Å². The number of nitrogens with two attached hydrogens (primary N) is 1. The molecule has 2 heteroatoms. The number of nitrogens with zero attached hydrogens (tertiary/aromatic N) is 1. The molecular weight excluding hydrogens is 172 g/mol. The fourth-order valence-electron chi connectivity index (χ4n) is 3.06. The second-order valence-electron chi connectivity index (χ2n) is 5.12. The maximum atomic E-state index is 5.99. The fourth-order valence-corrected chi connectivity index (χ4v) is 3.06. The van der Waals surface area contributed by atoms with Crippen molar-refractivity contribution in [2.75, 3.05) is 19.6 Å². The topological polar surface area (TPSA) is 29.3 Å². The van der Waals surface area contributed by atoms with Crippen LogP contribution in [0.15, 0.2) is 0 Å². The highest BCUT2D eigenvalue weighted by molar-refractivity contribution is 4.98. The number of hydrogen-bond donors (Lipinski definition) is 1. The van der Waals surface area contributed by atoms with Crippen molar-refractivity contribution >= 4 is 0 Å². The van der Waals surface area contributed by atoms with Crippen molar-refractivity contribution < 1.29 is 0 Å². The highest BCUT2D eigenvalue weighted by atomic mass is 15.2. The molecule has 0 spiro atoms. The van der Waals surface area contributed by atoms with Crippen molar-refractivity contribution in [1.82, 2.24) is 4.90 Å². The first-order chi connectivity index (χ1) is 6.80. The lowest BCUT2D eigenvalue weighted by Gasteiger charge is -2.51. The van der Waals surface area contributed by atoms with E-state index in [1.54, 1.807) is 0 Å². The molecule has 2 nitrogen and oxygen atoms in total. The number of likely N-dealkylation sites (tertiary alicyclic amines) is 1. The molecule has 2 fully saturated rings. The first kappa shape index (κ1) is 10.4. The molecule has 0 aromatic carbocycles. The van der Waals surface area contributed by atoms with Gasteiger partial charge in [0, 0.05) is 12.1 Å². The molecule has 14 heavy (non-hydrogen) atoms. The van der Waals surface area contributed by atoms with E-state index in [0.29, 0.717) is 5.54 Å². The Bertz CT molecular complexity index is 179. The zero-order chi connectivity index (χ0) is 10.0. The highest BCUT2D eigenvalue weighted by Crippen LogP contribution is 2.39. The molecule has 1 saturated heterocycles. The predicted molar refractivity (Wildman–Crippen MR) is 60.2 cm³/mol. The molecule has 1 saturated carbocycles. The van der Waals surface area contributed by atoms with Crippen LogP contribution in [-0.2, 0) is 0 Å². The van der Waals surface area contributed by atoms with Crippen molar-refractivity contribution in [3.8, 4) is 0 Å². The third-order valence-electron chi connectivity index (χ3n) is 4.52. The molecular formula is C12H24N2. The molecule has 0 aromatic heterocycles. The van der Waals surface area contributed by atoms with Crippen LogP contribution in [0.2, 0.25) is 0 Å². The first-order valence-electron chi connectivity index (χ1n) is 6.26. The summed E-state index contributed by atoms with van der Waals surface area (Å²) in [5.74, 6) is 0.982. The number of hydrogen-bond acceptors (Lipinski definition) is 2. The lowest BCUT2D eigenvalue weighted by Crippen LogP contribution is -2.60. The Hall–Kier alpha value is -0.0800. The van der Waals surface area contributed by atoms with Gasteiger partial charge in [-0.1, -0.05) is 13.3 Å². The van der Waals surface area contributed by atoms with Gasteiger partial charge in [0.05, 0.1) is 0 Å². The van der Waals surface area contributed by atoms with Gasteiger partial charge < -0.3 is 5.73 Å². The fraction of sp³-hybridized carbons (Fsp3) is 1.00. The average Bonchev–Trinajstić information content (AvgIpc) is 2.16. The largest absolute Gasteiger partial charge is 0.329 e. The minimum atomic E-state index is 0.407. The molecule has 1 heterocycles. The molecule has 0 radical (unpaired) electrons. The van der Waals surface area contributed by atoms with Crippen LogP contribution in [0.5, 0.6) is 0 Å². The van der Waals surface area contributed by atoms with E-state index in [1.807, 2.05) is 0 Å². The molecule has 0 amide bonds. The Morgan fingerprint density at radius 1 is 1.29 bits per heavy atom. The molecule has 0 aromatic rings. The van der Waals surface area contributed by atoms with Crippen LogP contribution in [-0.4, -0.2) is 30.1 Å². The van der Waals surface area contributed by atoms with Gasteiger partial charge in [-0.2, -0.15) is 0 Å². The van der Waals surface area contributed by atoms with E-state index < -0.39 is 0 Å². The quantitative estimate of drug-likeness (QED) is 0.748. The summed E-state index contributed by atoms with van der Waals surface area (Å²) in [6.45, 7) is 5.80. The van der Waals surface area contributed by atoms with Gasteiger partial charge in [0.15, 0.2) is 0 Å². The van der Waals surface area contributed by atoms with Crippen molar-refractivity contribution in [3.63, 3.8) is 0 Å². The summed E-state index contributed by atoms with van der Waals surface area (Å²) in [6.07, 6.45) is 8.26. The lowest BCUT2D eigenvalue weighted by atomic mass is 9.73. The molecule has 2 rings (SSSR count). The van der Waals surface area contributed by atoms with Crippen LogP contribution in [0.25, 0.3) is 0 Å². The standard InChI is InChI=1S/C12H24N2/c1-2-11-4-6-12(10-13,7-5-11)14-8-3-9-14/h11H,2-10,13H2,1H3. The van der Waals surface area contributed by atoms with Crippen molar-refractivity contribution in [2.45, 2.75) is 51.0 Å².